The van der Waals surface area contributed by atoms with Crippen molar-refractivity contribution in [3.8, 4) is 6.07 Å². The third kappa shape index (κ3) is 5.24. The van der Waals surface area contributed by atoms with Crippen molar-refractivity contribution >= 4 is 11.8 Å². The third-order valence-electron chi connectivity index (χ3n) is 3.02. The van der Waals surface area contributed by atoms with Crippen molar-refractivity contribution in [2.24, 2.45) is 5.73 Å². The lowest BCUT2D eigenvalue weighted by Crippen LogP contribution is -2.46. The van der Waals surface area contributed by atoms with E-state index < -0.39 is 24.0 Å². The highest BCUT2D eigenvalue weighted by molar-refractivity contribution is 5.89. The van der Waals surface area contributed by atoms with Gasteiger partial charge in [-0.05, 0) is 18.4 Å². The molecule has 0 aliphatic heterocycles. The van der Waals surface area contributed by atoms with Crippen LogP contribution in [-0.4, -0.2) is 25.0 Å². The second-order valence-electron chi connectivity index (χ2n) is 4.54. The van der Waals surface area contributed by atoms with E-state index in [1.54, 1.807) is 24.3 Å². The Hall–Kier alpha value is -2.39. The molecule has 0 aliphatic rings. The van der Waals surface area contributed by atoms with Crippen molar-refractivity contribution in [3.05, 3.63) is 35.9 Å². The monoisotopic (exact) mass is 289 g/mol. The molecule has 2 amide bonds. The topological polar surface area (TPSA) is 105 Å². The number of benzene rings is 1. The molecule has 0 aliphatic carbocycles. The van der Waals surface area contributed by atoms with Gasteiger partial charge >= 0.3 is 0 Å². The second-order valence-corrected chi connectivity index (χ2v) is 4.54. The number of nitrogens with two attached hydrogens (primary N) is 1. The van der Waals surface area contributed by atoms with Crippen LogP contribution in [0.4, 0.5) is 0 Å². The Morgan fingerprint density at radius 3 is 2.57 bits per heavy atom. The predicted molar refractivity (Wildman–Crippen MR) is 76.8 cm³/mol. The Bertz CT molecular complexity index is 511. The van der Waals surface area contributed by atoms with Gasteiger partial charge < -0.3 is 15.8 Å². The van der Waals surface area contributed by atoms with Gasteiger partial charge in [-0.2, -0.15) is 5.26 Å². The minimum absolute atomic E-state index is 0.312. The van der Waals surface area contributed by atoms with Crippen LogP contribution in [-0.2, 0) is 14.3 Å². The maximum absolute atomic E-state index is 12.2. The fraction of sp³-hybridized carbons (Fsp3) is 0.400. The maximum Gasteiger partial charge on any atom is 0.254 e. The molecular formula is C15H19N3O3. The van der Waals surface area contributed by atoms with E-state index >= 15 is 0 Å². The molecule has 2 atom stereocenters. The number of nitrogens with one attached hydrogen (secondary N) is 1. The average molecular weight is 289 g/mol. The van der Waals surface area contributed by atoms with Gasteiger partial charge in [0.2, 0.25) is 5.91 Å². The molecule has 6 heteroatoms. The highest BCUT2D eigenvalue weighted by Gasteiger charge is 2.24. The number of methoxy groups -OCH3 is 1. The zero-order chi connectivity index (χ0) is 15.7. The molecule has 0 saturated carbocycles. The van der Waals surface area contributed by atoms with Gasteiger partial charge in [0.05, 0.1) is 6.07 Å². The van der Waals surface area contributed by atoms with Crippen LogP contribution in [0.15, 0.2) is 30.3 Å². The number of hydrogen-bond acceptors (Lipinski definition) is 4. The summed E-state index contributed by atoms with van der Waals surface area (Å²) in [5.74, 6) is -1.05. The first-order valence-corrected chi connectivity index (χ1v) is 6.64. The van der Waals surface area contributed by atoms with Crippen molar-refractivity contribution in [2.45, 2.75) is 31.4 Å². The molecule has 0 unspecified atom stereocenters. The largest absolute Gasteiger partial charge is 0.368 e. The van der Waals surface area contributed by atoms with Gasteiger partial charge in [-0.25, -0.2) is 0 Å². The van der Waals surface area contributed by atoms with E-state index in [-0.39, 0.29) is 0 Å². The predicted octanol–water partition coefficient (Wildman–Crippen LogP) is 1.04. The number of unbranched alkanes of at least 4 members (excludes halogenated alkanes) is 1. The number of nitrogens with zero attached hydrogens (tertiary/aromatic N) is 1. The van der Waals surface area contributed by atoms with Crippen molar-refractivity contribution in [1.29, 1.82) is 5.26 Å². The van der Waals surface area contributed by atoms with Crippen LogP contribution in [0.1, 0.15) is 30.9 Å². The van der Waals surface area contributed by atoms with Crippen LogP contribution < -0.4 is 11.1 Å². The van der Waals surface area contributed by atoms with Crippen molar-refractivity contribution < 1.29 is 14.3 Å². The molecule has 0 heterocycles. The molecule has 0 fully saturated rings. The fourth-order valence-corrected chi connectivity index (χ4v) is 1.94. The van der Waals surface area contributed by atoms with E-state index in [2.05, 4.69) is 5.32 Å². The second kappa shape index (κ2) is 8.72. The molecule has 0 bridgehead atoms. The van der Waals surface area contributed by atoms with Crippen LogP contribution in [0.2, 0.25) is 0 Å². The zero-order valence-corrected chi connectivity index (χ0v) is 11.9. The van der Waals surface area contributed by atoms with E-state index in [1.807, 2.05) is 12.1 Å². The maximum atomic E-state index is 12.2. The number of nitriles is 1. The smallest absolute Gasteiger partial charge is 0.254 e. The van der Waals surface area contributed by atoms with Gasteiger partial charge in [0.1, 0.15) is 6.04 Å². The lowest BCUT2D eigenvalue weighted by molar-refractivity contribution is -0.135. The molecule has 1 aromatic rings. The average Bonchev–Trinajstić information content (AvgIpc) is 2.48. The van der Waals surface area contributed by atoms with Crippen LogP contribution in [0.25, 0.3) is 0 Å². The lowest BCUT2D eigenvalue weighted by atomic mass is 10.1. The summed E-state index contributed by atoms with van der Waals surface area (Å²) in [6.07, 6.45) is 0.336. The molecular weight excluding hydrogens is 270 g/mol. The standard InChI is InChI=1S/C15H19N3O3/c1-21-13(11-7-3-2-4-8-11)15(20)18-12(14(17)19)9-5-6-10-16/h2-4,7-8,12-13H,5-6,9H2,1H3,(H2,17,19)(H,18,20)/t12-,13+/m0/s1. The quantitative estimate of drug-likeness (QED) is 0.697. The summed E-state index contributed by atoms with van der Waals surface area (Å²) in [5.41, 5.74) is 5.96. The van der Waals surface area contributed by atoms with Gasteiger partial charge in [-0.1, -0.05) is 30.3 Å². The summed E-state index contributed by atoms with van der Waals surface area (Å²) in [7, 11) is 1.42. The molecule has 6 nitrogen and oxygen atoms in total. The normalized spacial score (nSPS) is 13.0. The third-order valence-corrected chi connectivity index (χ3v) is 3.02. The molecule has 0 spiro atoms. The Morgan fingerprint density at radius 2 is 2.05 bits per heavy atom. The van der Waals surface area contributed by atoms with Crippen LogP contribution in [0, 0.1) is 11.3 Å². The Kier molecular flexibility index (Phi) is 6.92. The summed E-state index contributed by atoms with van der Waals surface area (Å²) in [5, 5.41) is 11.1. The van der Waals surface area contributed by atoms with Gasteiger partial charge in [-0.3, -0.25) is 9.59 Å². The van der Waals surface area contributed by atoms with Gasteiger partial charge in [-0.15, -0.1) is 0 Å². The number of carbonyl (C=O) groups excluding carboxylic acids is 2. The number of ether oxygens (including phenoxy) is 1. The van der Waals surface area contributed by atoms with Crippen LogP contribution >= 0.6 is 0 Å². The highest BCUT2D eigenvalue weighted by atomic mass is 16.5. The van der Waals surface area contributed by atoms with E-state index in [9.17, 15) is 9.59 Å². The van der Waals surface area contributed by atoms with Crippen LogP contribution in [0.3, 0.4) is 0 Å². The van der Waals surface area contributed by atoms with E-state index in [0.717, 1.165) is 0 Å². The van der Waals surface area contributed by atoms with Gasteiger partial charge in [0, 0.05) is 13.5 Å². The molecule has 0 aromatic heterocycles. The van der Waals surface area contributed by atoms with E-state index in [0.29, 0.717) is 24.8 Å². The SMILES string of the molecule is CO[C@@H](C(=O)N[C@@H](CCCC#N)C(N)=O)c1ccccc1. The number of carbonyl (C=O) groups is 2. The Labute approximate surface area is 123 Å². The molecule has 1 aromatic carbocycles. The summed E-state index contributed by atoms with van der Waals surface area (Å²) in [4.78, 5) is 23.6. The molecule has 0 radical (unpaired) electrons. The van der Waals surface area contributed by atoms with E-state index in [1.165, 1.54) is 7.11 Å². The Morgan fingerprint density at radius 1 is 1.38 bits per heavy atom. The summed E-state index contributed by atoms with van der Waals surface area (Å²) in [6.45, 7) is 0. The summed E-state index contributed by atoms with van der Waals surface area (Å²) < 4.78 is 5.19. The minimum atomic E-state index is -0.802. The van der Waals surface area contributed by atoms with E-state index in [4.69, 9.17) is 15.7 Å². The fourth-order valence-electron chi connectivity index (χ4n) is 1.94. The van der Waals surface area contributed by atoms with Crippen molar-refractivity contribution in [3.63, 3.8) is 0 Å². The lowest BCUT2D eigenvalue weighted by Gasteiger charge is -2.20. The molecule has 21 heavy (non-hydrogen) atoms. The highest BCUT2D eigenvalue weighted by Crippen LogP contribution is 2.16. The first-order valence-electron chi connectivity index (χ1n) is 6.64. The number of rotatable bonds is 8. The zero-order valence-electron chi connectivity index (χ0n) is 11.9. The Balaban J connectivity index is 2.71. The number of amides is 2. The van der Waals surface area contributed by atoms with Crippen molar-refractivity contribution in [2.75, 3.05) is 7.11 Å². The van der Waals surface area contributed by atoms with Crippen LogP contribution in [0.5, 0.6) is 0 Å². The summed E-state index contributed by atoms with van der Waals surface area (Å²) in [6, 6.07) is 10.2. The van der Waals surface area contributed by atoms with Gasteiger partial charge in [0.15, 0.2) is 6.10 Å². The minimum Gasteiger partial charge on any atom is -0.368 e. The molecule has 0 saturated heterocycles. The molecule has 112 valence electrons. The van der Waals surface area contributed by atoms with Crippen molar-refractivity contribution in [1.82, 2.24) is 5.32 Å². The van der Waals surface area contributed by atoms with Gasteiger partial charge in [0.25, 0.3) is 5.91 Å². The summed E-state index contributed by atoms with van der Waals surface area (Å²) >= 11 is 0. The molecule has 1 rings (SSSR count). The first-order chi connectivity index (χ1) is 10.1. The first kappa shape index (κ1) is 16.7. The molecule has 3 N–H and O–H groups in total. The number of hydrogen-bond donors (Lipinski definition) is 2. The number of primary amides is 1.